The minimum absolute atomic E-state index is 0.0721. The third-order valence-corrected chi connectivity index (χ3v) is 4.81. The Morgan fingerprint density at radius 1 is 1.17 bits per heavy atom. The van der Waals surface area contributed by atoms with Crippen LogP contribution < -0.4 is 0 Å². The average Bonchev–Trinajstić information content (AvgIpc) is 2.50. The van der Waals surface area contributed by atoms with Gasteiger partial charge in [-0.15, -0.1) is 0 Å². The van der Waals surface area contributed by atoms with Gasteiger partial charge in [-0.05, 0) is 17.1 Å². The first-order valence-corrected chi connectivity index (χ1v) is 7.97. The molecule has 8 heteroatoms. The van der Waals surface area contributed by atoms with Crippen molar-refractivity contribution in [1.82, 2.24) is 0 Å². The average molecular weight is 346 g/mol. The second-order valence-electron chi connectivity index (χ2n) is 7.09. The standard InChI is InChI=1S/C16H26O8/c1-16(2)4-9(19)3-8(10(16)5-17)7-23-15-14(22)13(21)12(20)11(6-18)24-15/h3,10-15,17-18,20-22H,4-7H2,1-2H3. The summed E-state index contributed by atoms with van der Waals surface area (Å²) in [4.78, 5) is 11.9. The zero-order chi connectivity index (χ0) is 18.1. The Bertz CT molecular complexity index is 486. The molecule has 1 heterocycles. The van der Waals surface area contributed by atoms with E-state index in [4.69, 9.17) is 14.6 Å². The van der Waals surface area contributed by atoms with Crippen molar-refractivity contribution in [3.05, 3.63) is 11.6 Å². The number of ketones is 1. The van der Waals surface area contributed by atoms with Crippen molar-refractivity contribution >= 4 is 5.78 Å². The van der Waals surface area contributed by atoms with Gasteiger partial charge in [-0.3, -0.25) is 4.79 Å². The molecule has 0 aromatic carbocycles. The molecule has 6 atom stereocenters. The van der Waals surface area contributed by atoms with Gasteiger partial charge in [-0.25, -0.2) is 0 Å². The van der Waals surface area contributed by atoms with Crippen LogP contribution in [0.3, 0.4) is 0 Å². The summed E-state index contributed by atoms with van der Waals surface area (Å²) in [5.41, 5.74) is 0.157. The molecule has 1 aliphatic heterocycles. The Morgan fingerprint density at radius 2 is 1.83 bits per heavy atom. The molecular formula is C16H26O8. The van der Waals surface area contributed by atoms with Crippen LogP contribution >= 0.6 is 0 Å². The maximum absolute atomic E-state index is 11.9. The van der Waals surface area contributed by atoms with E-state index in [1.165, 1.54) is 6.08 Å². The lowest BCUT2D eigenvalue weighted by molar-refractivity contribution is -0.299. The van der Waals surface area contributed by atoms with Crippen LogP contribution in [0.2, 0.25) is 0 Å². The second kappa shape index (κ2) is 7.57. The summed E-state index contributed by atoms with van der Waals surface area (Å²) in [5.74, 6) is -0.350. The molecule has 0 amide bonds. The smallest absolute Gasteiger partial charge is 0.187 e. The van der Waals surface area contributed by atoms with Gasteiger partial charge in [0.25, 0.3) is 0 Å². The van der Waals surface area contributed by atoms with Gasteiger partial charge in [0.05, 0.1) is 19.8 Å². The quantitative estimate of drug-likeness (QED) is 0.399. The van der Waals surface area contributed by atoms with Gasteiger partial charge in [0.2, 0.25) is 0 Å². The predicted octanol–water partition coefficient (Wildman–Crippen LogP) is -1.66. The molecule has 0 bridgehead atoms. The van der Waals surface area contributed by atoms with Crippen molar-refractivity contribution in [2.75, 3.05) is 19.8 Å². The fraction of sp³-hybridized carbons (Fsp3) is 0.812. The number of hydrogen-bond acceptors (Lipinski definition) is 8. The van der Waals surface area contributed by atoms with Crippen LogP contribution in [0, 0.1) is 11.3 Å². The zero-order valence-electron chi connectivity index (χ0n) is 13.8. The van der Waals surface area contributed by atoms with Crippen LogP contribution in [0.25, 0.3) is 0 Å². The highest BCUT2D eigenvalue weighted by Gasteiger charge is 2.44. The van der Waals surface area contributed by atoms with E-state index < -0.39 is 42.7 Å². The first kappa shape index (κ1) is 19.5. The van der Waals surface area contributed by atoms with Crippen LogP contribution in [0.15, 0.2) is 11.6 Å². The van der Waals surface area contributed by atoms with Gasteiger partial charge < -0.3 is 35.0 Å². The molecule has 1 fully saturated rings. The third kappa shape index (κ3) is 3.85. The number of allylic oxidation sites excluding steroid dienone is 1. The first-order chi connectivity index (χ1) is 11.2. The number of ether oxygens (including phenoxy) is 2. The van der Waals surface area contributed by atoms with Crippen LogP contribution in [-0.2, 0) is 14.3 Å². The zero-order valence-corrected chi connectivity index (χ0v) is 13.8. The van der Waals surface area contributed by atoms with Gasteiger partial charge >= 0.3 is 0 Å². The Balaban J connectivity index is 2.07. The van der Waals surface area contributed by atoms with Gasteiger partial charge in [-0.2, -0.15) is 0 Å². The lowest BCUT2D eigenvalue weighted by atomic mass is 9.68. The van der Waals surface area contributed by atoms with E-state index in [-0.39, 0.29) is 24.9 Å². The van der Waals surface area contributed by atoms with Gasteiger partial charge in [0.15, 0.2) is 12.1 Å². The lowest BCUT2D eigenvalue weighted by Gasteiger charge is -2.41. The van der Waals surface area contributed by atoms with E-state index in [0.29, 0.717) is 12.0 Å². The Labute approximate surface area is 140 Å². The summed E-state index contributed by atoms with van der Waals surface area (Å²) in [6.07, 6.45) is -5.04. The molecule has 1 aliphatic carbocycles. The third-order valence-electron chi connectivity index (χ3n) is 4.81. The summed E-state index contributed by atoms with van der Waals surface area (Å²) in [5, 5.41) is 48.2. The fourth-order valence-corrected chi connectivity index (χ4v) is 3.32. The van der Waals surface area contributed by atoms with Crippen LogP contribution in [0.4, 0.5) is 0 Å². The lowest BCUT2D eigenvalue weighted by Crippen LogP contribution is -2.59. The van der Waals surface area contributed by atoms with Gasteiger partial charge in [0, 0.05) is 12.3 Å². The van der Waals surface area contributed by atoms with Crippen LogP contribution in [0.1, 0.15) is 20.3 Å². The second-order valence-corrected chi connectivity index (χ2v) is 7.09. The minimum Gasteiger partial charge on any atom is -0.396 e. The SMILES string of the molecule is CC1(C)CC(=O)C=C(COC2OC(CO)C(O)C(O)C2O)C1CO. The maximum atomic E-state index is 11.9. The van der Waals surface area contributed by atoms with Crippen LogP contribution in [-0.4, -0.2) is 81.8 Å². The van der Waals surface area contributed by atoms with Crippen molar-refractivity contribution in [2.45, 2.75) is 51.0 Å². The van der Waals surface area contributed by atoms with E-state index in [2.05, 4.69) is 0 Å². The maximum Gasteiger partial charge on any atom is 0.187 e. The van der Waals surface area contributed by atoms with Crippen molar-refractivity contribution < 1.29 is 39.8 Å². The van der Waals surface area contributed by atoms with Crippen molar-refractivity contribution in [2.24, 2.45) is 11.3 Å². The molecule has 0 saturated carbocycles. The van der Waals surface area contributed by atoms with E-state index in [9.17, 15) is 25.2 Å². The molecule has 138 valence electrons. The number of carbonyl (C=O) groups excluding carboxylic acids is 1. The number of rotatable bonds is 5. The summed E-state index contributed by atoms with van der Waals surface area (Å²) in [6, 6.07) is 0. The molecule has 5 N–H and O–H groups in total. The molecule has 0 radical (unpaired) electrons. The largest absolute Gasteiger partial charge is 0.396 e. The molecule has 0 spiro atoms. The van der Waals surface area contributed by atoms with E-state index in [1.54, 1.807) is 0 Å². The molecule has 2 rings (SSSR count). The molecule has 6 unspecified atom stereocenters. The van der Waals surface area contributed by atoms with Gasteiger partial charge in [0.1, 0.15) is 24.4 Å². The number of carbonyl (C=O) groups is 1. The highest BCUT2D eigenvalue weighted by molar-refractivity contribution is 5.92. The predicted molar refractivity (Wildman–Crippen MR) is 81.8 cm³/mol. The van der Waals surface area contributed by atoms with E-state index >= 15 is 0 Å². The molecule has 0 aromatic rings. The molecular weight excluding hydrogens is 320 g/mol. The summed E-state index contributed by atoms with van der Waals surface area (Å²) < 4.78 is 10.7. The van der Waals surface area contributed by atoms with Gasteiger partial charge in [-0.1, -0.05) is 13.8 Å². The highest BCUT2D eigenvalue weighted by atomic mass is 16.7. The molecule has 8 nitrogen and oxygen atoms in total. The topological polar surface area (TPSA) is 137 Å². The molecule has 2 aliphatic rings. The van der Waals surface area contributed by atoms with Crippen molar-refractivity contribution in [3.8, 4) is 0 Å². The number of aliphatic hydroxyl groups is 5. The van der Waals surface area contributed by atoms with Crippen molar-refractivity contribution in [3.63, 3.8) is 0 Å². The monoisotopic (exact) mass is 346 g/mol. The highest BCUT2D eigenvalue weighted by Crippen LogP contribution is 2.39. The summed E-state index contributed by atoms with van der Waals surface area (Å²) in [6.45, 7) is 2.99. The van der Waals surface area contributed by atoms with E-state index in [0.717, 1.165) is 0 Å². The number of aliphatic hydroxyl groups excluding tert-OH is 5. The number of hydrogen-bond donors (Lipinski definition) is 5. The summed E-state index contributed by atoms with van der Waals surface area (Å²) in [7, 11) is 0. The minimum atomic E-state index is -1.52. The Morgan fingerprint density at radius 3 is 2.42 bits per heavy atom. The molecule has 1 saturated heterocycles. The normalized spacial score (nSPS) is 39.6. The Hall–Kier alpha value is -0.870. The molecule has 24 heavy (non-hydrogen) atoms. The fourth-order valence-electron chi connectivity index (χ4n) is 3.32. The van der Waals surface area contributed by atoms with E-state index in [1.807, 2.05) is 13.8 Å². The van der Waals surface area contributed by atoms with Crippen LogP contribution in [0.5, 0.6) is 0 Å². The summed E-state index contributed by atoms with van der Waals surface area (Å²) >= 11 is 0. The molecule has 0 aromatic heterocycles. The Kier molecular flexibility index (Phi) is 6.14. The first-order valence-electron chi connectivity index (χ1n) is 7.97. The van der Waals surface area contributed by atoms with Crippen molar-refractivity contribution in [1.29, 1.82) is 0 Å².